The number of alkyl halides is 2. The first-order chi connectivity index (χ1) is 8.91. The van der Waals surface area contributed by atoms with Gasteiger partial charge in [-0.2, -0.15) is 0 Å². The van der Waals surface area contributed by atoms with Crippen LogP contribution >= 0.6 is 0 Å². The molecule has 0 spiro atoms. The molecule has 3 nitrogen and oxygen atoms in total. The van der Waals surface area contributed by atoms with Crippen LogP contribution < -0.4 is 10.5 Å². The average Bonchev–Trinajstić information content (AvgIpc) is 2.68. The number of benzene rings is 1. The SMILES string of the molecule is COc1ccc(C(=O)CC2CCC(F)(F)C2)c(N)c1. The van der Waals surface area contributed by atoms with E-state index in [-0.39, 0.29) is 31.0 Å². The van der Waals surface area contributed by atoms with Crippen molar-refractivity contribution in [1.82, 2.24) is 0 Å². The highest BCUT2D eigenvalue weighted by Gasteiger charge is 2.40. The van der Waals surface area contributed by atoms with Crippen LogP contribution in [-0.4, -0.2) is 18.8 Å². The van der Waals surface area contributed by atoms with Gasteiger partial charge in [0.15, 0.2) is 5.78 Å². The van der Waals surface area contributed by atoms with E-state index in [0.717, 1.165) is 0 Å². The summed E-state index contributed by atoms with van der Waals surface area (Å²) >= 11 is 0. The minimum Gasteiger partial charge on any atom is -0.497 e. The lowest BCUT2D eigenvalue weighted by Gasteiger charge is -2.11. The average molecular weight is 269 g/mol. The molecule has 1 aliphatic rings. The molecule has 0 amide bonds. The van der Waals surface area contributed by atoms with Crippen molar-refractivity contribution in [2.75, 3.05) is 12.8 Å². The Morgan fingerprint density at radius 1 is 1.53 bits per heavy atom. The highest BCUT2D eigenvalue weighted by Crippen LogP contribution is 2.41. The fourth-order valence-corrected chi connectivity index (χ4v) is 2.51. The lowest BCUT2D eigenvalue weighted by molar-refractivity contribution is 0.00497. The smallest absolute Gasteiger partial charge is 0.248 e. The zero-order valence-electron chi connectivity index (χ0n) is 10.8. The fraction of sp³-hybridized carbons (Fsp3) is 0.500. The second-order valence-corrected chi connectivity index (χ2v) is 5.05. The van der Waals surface area contributed by atoms with Crippen molar-refractivity contribution in [1.29, 1.82) is 0 Å². The van der Waals surface area contributed by atoms with Crippen molar-refractivity contribution in [2.24, 2.45) is 5.92 Å². The minimum absolute atomic E-state index is 0.122. The summed E-state index contributed by atoms with van der Waals surface area (Å²) in [5, 5.41) is 0. The van der Waals surface area contributed by atoms with Crippen LogP contribution in [0.2, 0.25) is 0 Å². The summed E-state index contributed by atoms with van der Waals surface area (Å²) in [5.41, 5.74) is 6.49. The number of ketones is 1. The molecule has 1 atom stereocenters. The number of methoxy groups -OCH3 is 1. The number of halogens is 2. The number of anilines is 1. The summed E-state index contributed by atoms with van der Waals surface area (Å²) in [5.74, 6) is -2.47. The normalized spacial score (nSPS) is 21.3. The minimum atomic E-state index is -2.61. The number of carbonyl (C=O) groups is 1. The molecule has 1 fully saturated rings. The van der Waals surface area contributed by atoms with Crippen LogP contribution in [0.5, 0.6) is 5.75 Å². The van der Waals surface area contributed by atoms with E-state index >= 15 is 0 Å². The largest absolute Gasteiger partial charge is 0.497 e. The van der Waals surface area contributed by atoms with Gasteiger partial charge in [-0.05, 0) is 24.5 Å². The van der Waals surface area contributed by atoms with Crippen molar-refractivity contribution in [2.45, 2.75) is 31.6 Å². The van der Waals surface area contributed by atoms with Crippen molar-refractivity contribution in [3.63, 3.8) is 0 Å². The van der Waals surface area contributed by atoms with Crippen LogP contribution in [0.3, 0.4) is 0 Å². The van der Waals surface area contributed by atoms with Gasteiger partial charge in [-0.1, -0.05) is 0 Å². The van der Waals surface area contributed by atoms with E-state index in [9.17, 15) is 13.6 Å². The molecular formula is C14H17F2NO2. The van der Waals surface area contributed by atoms with E-state index in [1.807, 2.05) is 0 Å². The second-order valence-electron chi connectivity index (χ2n) is 5.05. The molecule has 0 aromatic heterocycles. The third-order valence-corrected chi connectivity index (χ3v) is 3.54. The molecule has 1 unspecified atom stereocenters. The van der Waals surface area contributed by atoms with Crippen LogP contribution in [0, 0.1) is 5.92 Å². The number of hydrogen-bond acceptors (Lipinski definition) is 3. The van der Waals surface area contributed by atoms with Gasteiger partial charge in [0.2, 0.25) is 5.92 Å². The van der Waals surface area contributed by atoms with Gasteiger partial charge in [-0.25, -0.2) is 8.78 Å². The van der Waals surface area contributed by atoms with Gasteiger partial charge in [0.05, 0.1) is 7.11 Å². The van der Waals surface area contributed by atoms with E-state index in [1.54, 1.807) is 18.2 Å². The zero-order chi connectivity index (χ0) is 14.0. The number of rotatable bonds is 4. The van der Waals surface area contributed by atoms with Crippen molar-refractivity contribution in [3.8, 4) is 5.75 Å². The molecule has 2 N–H and O–H groups in total. The maximum Gasteiger partial charge on any atom is 0.248 e. The number of nitrogens with two attached hydrogens (primary N) is 1. The number of Topliss-reactive ketones (excluding diaryl/α,β-unsaturated/α-hetero) is 1. The number of carbonyl (C=O) groups excluding carboxylic acids is 1. The van der Waals surface area contributed by atoms with Crippen LogP contribution in [0.1, 0.15) is 36.0 Å². The van der Waals surface area contributed by atoms with E-state index in [1.165, 1.54) is 7.11 Å². The first-order valence-electron chi connectivity index (χ1n) is 6.26. The van der Waals surface area contributed by atoms with Crippen molar-refractivity contribution in [3.05, 3.63) is 23.8 Å². The second kappa shape index (κ2) is 5.15. The van der Waals surface area contributed by atoms with Crippen molar-refractivity contribution < 1.29 is 18.3 Å². The summed E-state index contributed by atoms with van der Waals surface area (Å²) < 4.78 is 31.1. The molecule has 19 heavy (non-hydrogen) atoms. The highest BCUT2D eigenvalue weighted by molar-refractivity contribution is 6.01. The van der Waals surface area contributed by atoms with Gasteiger partial charge in [0.25, 0.3) is 0 Å². The Balaban J connectivity index is 2.04. The molecule has 1 saturated carbocycles. The molecule has 0 aliphatic heterocycles. The maximum absolute atomic E-state index is 13.1. The number of ether oxygens (including phenoxy) is 1. The Morgan fingerprint density at radius 3 is 2.79 bits per heavy atom. The lowest BCUT2D eigenvalue weighted by atomic mass is 9.96. The van der Waals surface area contributed by atoms with E-state index in [2.05, 4.69) is 0 Å². The lowest BCUT2D eigenvalue weighted by Crippen LogP contribution is -2.12. The molecular weight excluding hydrogens is 252 g/mol. The summed E-state index contributed by atoms with van der Waals surface area (Å²) in [6.07, 6.45) is 0.207. The Bertz CT molecular complexity index is 488. The maximum atomic E-state index is 13.1. The Kier molecular flexibility index (Phi) is 3.73. The molecule has 0 saturated heterocycles. The highest BCUT2D eigenvalue weighted by atomic mass is 19.3. The van der Waals surface area contributed by atoms with E-state index in [0.29, 0.717) is 23.4 Å². The standard InChI is InChI=1S/C14H17F2NO2/c1-19-10-2-3-11(12(17)7-10)13(18)6-9-4-5-14(15,16)8-9/h2-3,7,9H,4-6,8,17H2,1H3. The van der Waals surface area contributed by atoms with E-state index < -0.39 is 5.92 Å². The summed E-state index contributed by atoms with van der Waals surface area (Å²) in [6.45, 7) is 0. The first-order valence-corrected chi connectivity index (χ1v) is 6.26. The van der Waals surface area contributed by atoms with Gasteiger partial charge >= 0.3 is 0 Å². The van der Waals surface area contributed by atoms with E-state index in [4.69, 9.17) is 10.5 Å². The zero-order valence-corrected chi connectivity index (χ0v) is 10.8. The Morgan fingerprint density at radius 2 is 2.26 bits per heavy atom. The molecule has 1 aliphatic carbocycles. The fourth-order valence-electron chi connectivity index (χ4n) is 2.51. The van der Waals surface area contributed by atoms with Gasteiger partial charge in [0.1, 0.15) is 5.75 Å². The van der Waals surface area contributed by atoms with Gasteiger partial charge in [-0.3, -0.25) is 4.79 Å². The number of nitrogen functional groups attached to an aromatic ring is 1. The Hall–Kier alpha value is -1.65. The van der Waals surface area contributed by atoms with Gasteiger partial charge in [-0.15, -0.1) is 0 Å². The third-order valence-electron chi connectivity index (χ3n) is 3.54. The monoisotopic (exact) mass is 269 g/mol. The Labute approximate surface area is 110 Å². The van der Waals surface area contributed by atoms with Crippen LogP contribution in [0.25, 0.3) is 0 Å². The molecule has 5 heteroatoms. The van der Waals surface area contributed by atoms with Crippen LogP contribution in [0.4, 0.5) is 14.5 Å². The summed E-state index contributed by atoms with van der Waals surface area (Å²) in [6, 6.07) is 4.80. The van der Waals surface area contributed by atoms with Crippen LogP contribution in [0.15, 0.2) is 18.2 Å². The van der Waals surface area contributed by atoms with Crippen molar-refractivity contribution >= 4 is 11.5 Å². The topological polar surface area (TPSA) is 52.3 Å². The predicted octanol–water partition coefficient (Wildman–Crippen LogP) is 3.29. The number of hydrogen-bond donors (Lipinski definition) is 1. The molecule has 104 valence electrons. The van der Waals surface area contributed by atoms with Crippen LogP contribution in [-0.2, 0) is 0 Å². The molecule has 1 aromatic rings. The molecule has 0 bridgehead atoms. The molecule has 0 heterocycles. The summed E-state index contributed by atoms with van der Waals surface area (Å²) in [7, 11) is 1.51. The van der Waals surface area contributed by atoms with Gasteiger partial charge in [0, 0.05) is 36.6 Å². The van der Waals surface area contributed by atoms with Gasteiger partial charge < -0.3 is 10.5 Å². The molecule has 0 radical (unpaired) electrons. The quantitative estimate of drug-likeness (QED) is 0.674. The first kappa shape index (κ1) is 13.8. The molecule has 2 rings (SSSR count). The molecule has 1 aromatic carbocycles. The third kappa shape index (κ3) is 3.22. The summed E-state index contributed by atoms with van der Waals surface area (Å²) in [4.78, 5) is 12.1. The predicted molar refractivity (Wildman–Crippen MR) is 68.6 cm³/mol.